The molecule has 0 saturated carbocycles. The zero-order chi connectivity index (χ0) is 15.9. The van der Waals surface area contributed by atoms with Crippen molar-refractivity contribution < 1.29 is 4.74 Å². The first-order valence-corrected chi connectivity index (χ1v) is 7.58. The normalized spacial score (nSPS) is 10.7. The molecule has 118 valence electrons. The number of methoxy groups -OCH3 is 1. The largest absolute Gasteiger partial charge is 0.497 e. The van der Waals surface area contributed by atoms with E-state index in [2.05, 4.69) is 32.0 Å². The maximum atomic E-state index is 5.19. The van der Waals surface area contributed by atoms with Crippen molar-refractivity contribution in [1.29, 1.82) is 0 Å². The number of hydrogen-bond donors (Lipinski definition) is 1. The van der Waals surface area contributed by atoms with Crippen LogP contribution in [-0.2, 0) is 19.6 Å². The van der Waals surface area contributed by atoms with E-state index >= 15 is 0 Å². The second-order valence-electron chi connectivity index (χ2n) is 5.28. The summed E-state index contributed by atoms with van der Waals surface area (Å²) in [5.74, 6) is 1.90. The molecule has 0 spiro atoms. The van der Waals surface area contributed by atoms with Crippen molar-refractivity contribution in [2.24, 2.45) is 0 Å². The summed E-state index contributed by atoms with van der Waals surface area (Å²) in [6, 6.07) is 12.1. The molecule has 2 aromatic heterocycles. The molecule has 0 bridgehead atoms. The summed E-state index contributed by atoms with van der Waals surface area (Å²) >= 11 is 0. The minimum absolute atomic E-state index is 0.728. The lowest BCUT2D eigenvalue weighted by molar-refractivity contribution is 0.414. The fourth-order valence-electron chi connectivity index (χ4n) is 2.40. The van der Waals surface area contributed by atoms with Crippen molar-refractivity contribution >= 4 is 0 Å². The van der Waals surface area contributed by atoms with E-state index in [-0.39, 0.29) is 0 Å². The van der Waals surface area contributed by atoms with Gasteiger partial charge in [-0.3, -0.25) is 4.98 Å². The summed E-state index contributed by atoms with van der Waals surface area (Å²) in [6.45, 7) is 2.33. The molecule has 0 amide bonds. The molecule has 0 unspecified atom stereocenters. The van der Waals surface area contributed by atoms with Crippen LogP contribution in [0.5, 0.6) is 5.75 Å². The second-order valence-corrected chi connectivity index (χ2v) is 5.28. The van der Waals surface area contributed by atoms with Gasteiger partial charge in [0.15, 0.2) is 0 Å². The number of pyridine rings is 1. The maximum Gasteiger partial charge on any atom is 0.122 e. The molecule has 0 aliphatic rings. The van der Waals surface area contributed by atoms with Gasteiger partial charge in [0.25, 0.3) is 0 Å². The van der Waals surface area contributed by atoms with Gasteiger partial charge in [0.05, 0.1) is 13.7 Å². The van der Waals surface area contributed by atoms with Gasteiger partial charge >= 0.3 is 0 Å². The number of hydrogen-bond acceptors (Lipinski definition) is 4. The van der Waals surface area contributed by atoms with Gasteiger partial charge in [-0.05, 0) is 35.4 Å². The molecular weight excluding hydrogens is 288 g/mol. The number of ether oxygens (including phenoxy) is 1. The Morgan fingerprint density at radius 2 is 1.74 bits per heavy atom. The van der Waals surface area contributed by atoms with E-state index in [9.17, 15) is 0 Å². The summed E-state index contributed by atoms with van der Waals surface area (Å²) in [5, 5.41) is 3.42. The minimum atomic E-state index is 0.728. The predicted molar refractivity (Wildman–Crippen MR) is 89.1 cm³/mol. The summed E-state index contributed by atoms with van der Waals surface area (Å²) in [6.07, 6.45) is 7.46. The van der Waals surface area contributed by atoms with Crippen LogP contribution in [0.4, 0.5) is 0 Å². The summed E-state index contributed by atoms with van der Waals surface area (Å²) in [7, 11) is 1.68. The standard InChI is InChI=1S/C18H20N4O/c1-23-17-4-2-16(3-5-17)14-22-11-10-21-18(22)13-20-12-15-6-8-19-9-7-15/h2-11,20H,12-14H2,1H3. The minimum Gasteiger partial charge on any atom is -0.497 e. The number of rotatable bonds is 7. The van der Waals surface area contributed by atoms with Crippen LogP contribution in [0, 0.1) is 0 Å². The van der Waals surface area contributed by atoms with Gasteiger partial charge in [0, 0.05) is 37.9 Å². The van der Waals surface area contributed by atoms with Crippen molar-refractivity contribution in [2.45, 2.75) is 19.6 Å². The summed E-state index contributed by atoms with van der Waals surface area (Å²) < 4.78 is 7.34. The van der Waals surface area contributed by atoms with Crippen LogP contribution >= 0.6 is 0 Å². The molecular formula is C18H20N4O. The number of nitrogens with one attached hydrogen (secondary N) is 1. The quantitative estimate of drug-likeness (QED) is 0.729. The van der Waals surface area contributed by atoms with Crippen molar-refractivity contribution in [3.8, 4) is 5.75 Å². The van der Waals surface area contributed by atoms with Crippen molar-refractivity contribution in [1.82, 2.24) is 19.9 Å². The molecule has 0 aliphatic carbocycles. The van der Waals surface area contributed by atoms with Gasteiger partial charge in [-0.2, -0.15) is 0 Å². The highest BCUT2D eigenvalue weighted by molar-refractivity contribution is 5.27. The SMILES string of the molecule is COc1ccc(Cn2ccnc2CNCc2ccncc2)cc1. The Labute approximate surface area is 136 Å². The predicted octanol–water partition coefficient (Wildman–Crippen LogP) is 2.62. The fraction of sp³-hybridized carbons (Fsp3) is 0.222. The average molecular weight is 308 g/mol. The maximum absolute atomic E-state index is 5.19. The third kappa shape index (κ3) is 4.17. The van der Waals surface area contributed by atoms with Crippen LogP contribution in [0.3, 0.4) is 0 Å². The van der Waals surface area contributed by atoms with Crippen LogP contribution in [-0.4, -0.2) is 21.6 Å². The van der Waals surface area contributed by atoms with E-state index in [0.29, 0.717) is 0 Å². The highest BCUT2D eigenvalue weighted by atomic mass is 16.5. The molecule has 0 fully saturated rings. The van der Waals surface area contributed by atoms with Gasteiger partial charge in [0.2, 0.25) is 0 Å². The Kier molecular flexibility index (Phi) is 5.01. The Morgan fingerprint density at radius 1 is 0.957 bits per heavy atom. The lowest BCUT2D eigenvalue weighted by atomic mass is 10.2. The average Bonchev–Trinajstić information content (AvgIpc) is 3.04. The van der Waals surface area contributed by atoms with Gasteiger partial charge in [0.1, 0.15) is 11.6 Å². The molecule has 0 radical (unpaired) electrons. The first-order valence-electron chi connectivity index (χ1n) is 7.58. The third-order valence-corrected chi connectivity index (χ3v) is 3.68. The van der Waals surface area contributed by atoms with Gasteiger partial charge in [-0.15, -0.1) is 0 Å². The van der Waals surface area contributed by atoms with Crippen LogP contribution in [0.25, 0.3) is 0 Å². The van der Waals surface area contributed by atoms with E-state index in [4.69, 9.17) is 4.74 Å². The molecule has 0 atom stereocenters. The highest BCUT2D eigenvalue weighted by Gasteiger charge is 2.04. The van der Waals surface area contributed by atoms with Gasteiger partial charge in [-0.25, -0.2) is 4.98 Å². The lowest BCUT2D eigenvalue weighted by Gasteiger charge is -2.10. The number of imidazole rings is 1. The Morgan fingerprint density at radius 3 is 2.48 bits per heavy atom. The van der Waals surface area contributed by atoms with E-state index in [1.807, 2.05) is 49.1 Å². The number of benzene rings is 1. The highest BCUT2D eigenvalue weighted by Crippen LogP contribution is 2.13. The smallest absolute Gasteiger partial charge is 0.122 e. The molecule has 0 aliphatic heterocycles. The second kappa shape index (κ2) is 7.56. The Bertz CT molecular complexity index is 722. The number of aromatic nitrogens is 3. The fourth-order valence-corrected chi connectivity index (χ4v) is 2.40. The lowest BCUT2D eigenvalue weighted by Crippen LogP contribution is -2.17. The molecule has 2 heterocycles. The van der Waals surface area contributed by atoms with Crippen molar-refractivity contribution in [3.05, 3.63) is 78.1 Å². The summed E-state index contributed by atoms with van der Waals surface area (Å²) in [4.78, 5) is 8.46. The molecule has 3 rings (SSSR count). The molecule has 1 aromatic carbocycles. The van der Waals surface area contributed by atoms with E-state index < -0.39 is 0 Å². The first kappa shape index (κ1) is 15.2. The Balaban J connectivity index is 1.58. The molecule has 3 aromatic rings. The molecule has 5 heteroatoms. The third-order valence-electron chi connectivity index (χ3n) is 3.68. The van der Waals surface area contributed by atoms with Crippen LogP contribution in [0.1, 0.15) is 17.0 Å². The Hall–Kier alpha value is -2.66. The molecule has 1 N–H and O–H groups in total. The monoisotopic (exact) mass is 308 g/mol. The molecule has 23 heavy (non-hydrogen) atoms. The van der Waals surface area contributed by atoms with E-state index in [1.165, 1.54) is 11.1 Å². The van der Waals surface area contributed by atoms with E-state index in [0.717, 1.165) is 31.2 Å². The van der Waals surface area contributed by atoms with Crippen LogP contribution in [0.15, 0.2) is 61.2 Å². The van der Waals surface area contributed by atoms with Gasteiger partial charge in [-0.1, -0.05) is 12.1 Å². The van der Waals surface area contributed by atoms with E-state index in [1.54, 1.807) is 7.11 Å². The van der Waals surface area contributed by atoms with Crippen molar-refractivity contribution in [2.75, 3.05) is 7.11 Å². The molecule has 0 saturated heterocycles. The summed E-state index contributed by atoms with van der Waals surface area (Å²) in [5.41, 5.74) is 2.44. The van der Waals surface area contributed by atoms with Crippen LogP contribution in [0.2, 0.25) is 0 Å². The zero-order valence-corrected chi connectivity index (χ0v) is 13.1. The molecule has 5 nitrogen and oxygen atoms in total. The first-order chi connectivity index (χ1) is 11.3. The zero-order valence-electron chi connectivity index (χ0n) is 13.1. The topological polar surface area (TPSA) is 52.0 Å². The van der Waals surface area contributed by atoms with Crippen LogP contribution < -0.4 is 10.1 Å². The van der Waals surface area contributed by atoms with Gasteiger partial charge < -0.3 is 14.6 Å². The van der Waals surface area contributed by atoms with Crippen molar-refractivity contribution in [3.63, 3.8) is 0 Å². The number of nitrogens with zero attached hydrogens (tertiary/aromatic N) is 3.